The molecule has 0 aromatic heterocycles. The standard InChI is InChI=1S/C14H15F3N2O3.C9H5Cl2F3/c1-8-5-10(9(2)20)3-4-11(8)13(22)18-6-12(21)19-7-14(15,16)17;1-5(9(12,13)14)6-2-7(10)4-8(11)3-6/h3-5H,6-7H2,1-2H3,(H,18,22)(H,19,21);2-4H,1H2. The summed E-state index contributed by atoms with van der Waals surface area (Å²) in [5.41, 5.74) is 0.142. The van der Waals surface area contributed by atoms with E-state index in [4.69, 9.17) is 23.2 Å². The average molecular weight is 557 g/mol. The number of nitrogens with one attached hydrogen (secondary N) is 2. The number of carbonyl (C=O) groups is 3. The van der Waals surface area contributed by atoms with Gasteiger partial charge in [-0.05, 0) is 55.3 Å². The molecular formula is C23H20Cl2F6N2O3. The lowest BCUT2D eigenvalue weighted by atomic mass is 10.0. The largest absolute Gasteiger partial charge is 0.416 e. The van der Waals surface area contributed by atoms with Gasteiger partial charge in [0.25, 0.3) is 5.91 Å². The number of aryl methyl sites for hydroxylation is 1. The highest BCUT2D eigenvalue weighted by atomic mass is 35.5. The molecule has 0 saturated carbocycles. The van der Waals surface area contributed by atoms with Crippen molar-refractivity contribution in [3.05, 3.63) is 75.3 Å². The quantitative estimate of drug-likeness (QED) is 0.330. The van der Waals surface area contributed by atoms with E-state index in [2.05, 4.69) is 11.9 Å². The van der Waals surface area contributed by atoms with Crippen molar-refractivity contribution in [2.45, 2.75) is 26.2 Å². The Hall–Kier alpha value is -3.05. The van der Waals surface area contributed by atoms with Gasteiger partial charge in [-0.2, -0.15) is 26.3 Å². The van der Waals surface area contributed by atoms with Crippen LogP contribution in [0.5, 0.6) is 0 Å². The highest BCUT2D eigenvalue weighted by Crippen LogP contribution is 2.34. The molecule has 0 bridgehead atoms. The molecule has 0 unspecified atom stereocenters. The molecule has 0 spiro atoms. The summed E-state index contributed by atoms with van der Waals surface area (Å²) >= 11 is 11.1. The molecule has 5 nitrogen and oxygen atoms in total. The third-order valence-electron chi connectivity index (χ3n) is 4.33. The lowest BCUT2D eigenvalue weighted by Gasteiger charge is -2.10. The van der Waals surface area contributed by atoms with E-state index >= 15 is 0 Å². The van der Waals surface area contributed by atoms with Crippen molar-refractivity contribution in [2.24, 2.45) is 0 Å². The average Bonchev–Trinajstić information content (AvgIpc) is 2.74. The molecule has 2 aromatic rings. The molecule has 0 aliphatic carbocycles. The second-order valence-corrected chi connectivity index (χ2v) is 8.17. The molecular weight excluding hydrogens is 537 g/mol. The minimum absolute atomic E-state index is 0.116. The summed E-state index contributed by atoms with van der Waals surface area (Å²) in [5, 5.41) is 4.17. The van der Waals surface area contributed by atoms with Crippen LogP contribution in [0.2, 0.25) is 10.0 Å². The van der Waals surface area contributed by atoms with Gasteiger partial charge in [0.1, 0.15) is 6.54 Å². The molecule has 2 N–H and O–H groups in total. The fourth-order valence-corrected chi connectivity index (χ4v) is 3.07. The number of halogens is 8. The van der Waals surface area contributed by atoms with Crippen molar-refractivity contribution < 1.29 is 40.7 Å². The van der Waals surface area contributed by atoms with Gasteiger partial charge in [0, 0.05) is 21.2 Å². The summed E-state index contributed by atoms with van der Waals surface area (Å²) in [7, 11) is 0. The van der Waals surface area contributed by atoms with Crippen LogP contribution in [0.1, 0.15) is 38.8 Å². The lowest BCUT2D eigenvalue weighted by molar-refractivity contribution is -0.137. The molecule has 13 heteroatoms. The van der Waals surface area contributed by atoms with Crippen molar-refractivity contribution in [3.63, 3.8) is 0 Å². The van der Waals surface area contributed by atoms with Crippen LogP contribution in [0.25, 0.3) is 5.57 Å². The molecule has 0 heterocycles. The second kappa shape index (κ2) is 12.8. The predicted octanol–water partition coefficient (Wildman–Crippen LogP) is 6.17. The smallest absolute Gasteiger partial charge is 0.345 e. The number of rotatable bonds is 6. The molecule has 0 atom stereocenters. The van der Waals surface area contributed by atoms with Crippen LogP contribution in [0.15, 0.2) is 43.0 Å². The van der Waals surface area contributed by atoms with Gasteiger partial charge in [0.15, 0.2) is 5.78 Å². The van der Waals surface area contributed by atoms with Gasteiger partial charge in [0.05, 0.1) is 12.1 Å². The van der Waals surface area contributed by atoms with Crippen molar-refractivity contribution in [3.8, 4) is 0 Å². The number of hydrogen-bond donors (Lipinski definition) is 2. The number of alkyl halides is 6. The van der Waals surface area contributed by atoms with Gasteiger partial charge in [-0.3, -0.25) is 14.4 Å². The zero-order valence-corrected chi connectivity index (χ0v) is 20.3. The molecule has 2 aromatic carbocycles. The number of amides is 2. The molecule has 0 aliphatic heterocycles. The zero-order chi connectivity index (χ0) is 27.8. The summed E-state index contributed by atoms with van der Waals surface area (Å²) in [6.07, 6.45) is -8.97. The number of Topliss-reactive ketones (excluding diaryl/α,β-unsaturated/α-hetero) is 1. The van der Waals surface area contributed by atoms with E-state index < -0.39 is 42.8 Å². The second-order valence-electron chi connectivity index (χ2n) is 7.29. The van der Waals surface area contributed by atoms with E-state index in [0.29, 0.717) is 11.1 Å². The number of carbonyl (C=O) groups excluding carboxylic acids is 3. The van der Waals surface area contributed by atoms with E-state index in [9.17, 15) is 40.7 Å². The van der Waals surface area contributed by atoms with Crippen LogP contribution in [0, 0.1) is 6.92 Å². The molecule has 0 radical (unpaired) electrons. The summed E-state index contributed by atoms with van der Waals surface area (Å²) in [5.74, 6) is -1.69. The molecule has 0 aliphatic rings. The van der Waals surface area contributed by atoms with E-state index in [1.54, 1.807) is 12.2 Å². The Bertz CT molecular complexity index is 1130. The fraction of sp³-hybridized carbons (Fsp3) is 0.261. The first-order valence-corrected chi connectivity index (χ1v) is 10.6. The van der Waals surface area contributed by atoms with Crippen LogP contribution < -0.4 is 10.6 Å². The molecule has 2 rings (SSSR count). The van der Waals surface area contributed by atoms with Gasteiger partial charge in [-0.15, -0.1) is 0 Å². The number of hydrogen-bond acceptors (Lipinski definition) is 3. The topological polar surface area (TPSA) is 75.3 Å². The minimum Gasteiger partial charge on any atom is -0.345 e. The normalized spacial score (nSPS) is 11.2. The monoisotopic (exact) mass is 556 g/mol. The SMILES string of the molecule is C=C(c1cc(Cl)cc(Cl)c1)C(F)(F)F.CC(=O)c1ccc(C(=O)NCC(=O)NCC(F)(F)F)c(C)c1. The zero-order valence-electron chi connectivity index (χ0n) is 18.8. The first-order valence-electron chi connectivity index (χ1n) is 9.86. The Morgan fingerprint density at radius 2 is 1.44 bits per heavy atom. The molecule has 196 valence electrons. The fourth-order valence-electron chi connectivity index (χ4n) is 2.55. The van der Waals surface area contributed by atoms with E-state index in [1.807, 2.05) is 0 Å². The Kier molecular flexibility index (Phi) is 11.0. The van der Waals surface area contributed by atoms with Crippen molar-refractivity contribution in [1.29, 1.82) is 0 Å². The molecule has 0 saturated heterocycles. The molecule has 36 heavy (non-hydrogen) atoms. The Morgan fingerprint density at radius 1 is 0.889 bits per heavy atom. The van der Waals surface area contributed by atoms with E-state index in [1.165, 1.54) is 43.3 Å². The maximum atomic E-state index is 12.2. The first kappa shape index (κ1) is 31.0. The van der Waals surface area contributed by atoms with Crippen LogP contribution >= 0.6 is 23.2 Å². The van der Waals surface area contributed by atoms with Gasteiger partial charge in [-0.1, -0.05) is 35.8 Å². The number of allylic oxidation sites excluding steroid dienone is 1. The maximum Gasteiger partial charge on any atom is 0.416 e. The van der Waals surface area contributed by atoms with Crippen molar-refractivity contribution in [1.82, 2.24) is 10.6 Å². The van der Waals surface area contributed by atoms with Gasteiger partial charge < -0.3 is 10.6 Å². The van der Waals surface area contributed by atoms with Crippen LogP contribution in [0.3, 0.4) is 0 Å². The van der Waals surface area contributed by atoms with Gasteiger partial charge >= 0.3 is 12.4 Å². The number of benzene rings is 2. The summed E-state index contributed by atoms with van der Waals surface area (Å²) < 4.78 is 72.4. The highest BCUT2D eigenvalue weighted by molar-refractivity contribution is 6.34. The third kappa shape index (κ3) is 10.7. The van der Waals surface area contributed by atoms with Crippen LogP contribution in [0.4, 0.5) is 26.3 Å². The van der Waals surface area contributed by atoms with Gasteiger partial charge in [-0.25, -0.2) is 0 Å². The Balaban J connectivity index is 0.000000397. The maximum absolute atomic E-state index is 12.2. The van der Waals surface area contributed by atoms with Crippen LogP contribution in [-0.4, -0.2) is 43.0 Å². The number of ketones is 1. The van der Waals surface area contributed by atoms with E-state index in [0.717, 1.165) is 0 Å². The Labute approximate surface area is 212 Å². The van der Waals surface area contributed by atoms with Gasteiger partial charge in [0.2, 0.25) is 5.91 Å². The summed E-state index contributed by atoms with van der Waals surface area (Å²) in [6, 6.07) is 8.12. The summed E-state index contributed by atoms with van der Waals surface area (Å²) in [4.78, 5) is 34.2. The lowest BCUT2D eigenvalue weighted by Crippen LogP contribution is -2.41. The van der Waals surface area contributed by atoms with Crippen LogP contribution in [-0.2, 0) is 4.79 Å². The summed E-state index contributed by atoms with van der Waals surface area (Å²) in [6.45, 7) is 3.92. The molecule has 2 amide bonds. The molecule has 0 fully saturated rings. The van der Waals surface area contributed by atoms with Crippen molar-refractivity contribution in [2.75, 3.05) is 13.1 Å². The minimum atomic E-state index is -4.50. The highest BCUT2D eigenvalue weighted by Gasteiger charge is 2.33. The van der Waals surface area contributed by atoms with E-state index in [-0.39, 0.29) is 27.0 Å². The Morgan fingerprint density at radius 3 is 1.89 bits per heavy atom. The first-order chi connectivity index (χ1) is 16.4. The third-order valence-corrected chi connectivity index (χ3v) is 4.76. The van der Waals surface area contributed by atoms with Crippen molar-refractivity contribution >= 4 is 46.4 Å². The predicted molar refractivity (Wildman–Crippen MR) is 124 cm³/mol.